The summed E-state index contributed by atoms with van der Waals surface area (Å²) < 4.78 is 0. The van der Waals surface area contributed by atoms with E-state index in [1.54, 1.807) is 0 Å². The normalized spacial score (nSPS) is 17.7. The number of aromatic hydroxyl groups is 1. The average molecular weight is 248 g/mol. The summed E-state index contributed by atoms with van der Waals surface area (Å²) >= 11 is 0. The van der Waals surface area contributed by atoms with E-state index in [4.69, 9.17) is 0 Å². The second-order valence-corrected chi connectivity index (χ2v) is 5.14. The summed E-state index contributed by atoms with van der Waals surface area (Å²) in [6.07, 6.45) is 9.31. The van der Waals surface area contributed by atoms with E-state index in [1.807, 2.05) is 26.0 Å². The van der Waals surface area contributed by atoms with Crippen LogP contribution in [0.2, 0.25) is 0 Å². The highest BCUT2D eigenvalue weighted by Crippen LogP contribution is 2.43. The fourth-order valence-electron chi connectivity index (χ4n) is 3.21. The average Bonchev–Trinajstić information content (AvgIpc) is 2.43. The Morgan fingerprint density at radius 3 is 2.06 bits per heavy atom. The van der Waals surface area contributed by atoms with Crippen molar-refractivity contribution in [1.29, 1.82) is 0 Å². The monoisotopic (exact) mass is 248 g/mol. The third kappa shape index (κ3) is 3.51. The number of hydrogen-bond donors (Lipinski definition) is 1. The highest BCUT2D eigenvalue weighted by Gasteiger charge is 2.32. The summed E-state index contributed by atoms with van der Waals surface area (Å²) in [5.74, 6) is 0.381. The van der Waals surface area contributed by atoms with Gasteiger partial charge in [-0.25, -0.2) is 0 Å². The molecule has 1 nitrogen and oxygen atoms in total. The third-order valence-electron chi connectivity index (χ3n) is 4.02. The molecule has 102 valence electrons. The smallest absolute Gasteiger partial charge is 0.115 e. The molecule has 1 aliphatic rings. The molecule has 0 unspecified atom stereocenters. The molecule has 18 heavy (non-hydrogen) atoms. The van der Waals surface area contributed by atoms with E-state index in [2.05, 4.69) is 19.1 Å². The van der Waals surface area contributed by atoms with Crippen molar-refractivity contribution in [3.8, 4) is 5.75 Å². The standard InChI is InChI=1S/C15H22O.C2H6/c1-2-10-15(11-4-3-5-12-15)13-6-8-14(16)9-7-13;1-2/h6-9,16H,2-5,10-12H2,1H3;1-2H3. The molecule has 0 saturated heterocycles. The lowest BCUT2D eigenvalue weighted by atomic mass is 9.67. The lowest BCUT2D eigenvalue weighted by molar-refractivity contribution is 0.271. The van der Waals surface area contributed by atoms with Crippen LogP contribution in [0.4, 0.5) is 0 Å². The van der Waals surface area contributed by atoms with Crippen molar-refractivity contribution < 1.29 is 5.11 Å². The fourth-order valence-corrected chi connectivity index (χ4v) is 3.21. The maximum Gasteiger partial charge on any atom is 0.115 e. The van der Waals surface area contributed by atoms with Crippen LogP contribution in [0.15, 0.2) is 24.3 Å². The largest absolute Gasteiger partial charge is 0.508 e. The summed E-state index contributed by atoms with van der Waals surface area (Å²) in [6.45, 7) is 6.27. The maximum absolute atomic E-state index is 9.37. The summed E-state index contributed by atoms with van der Waals surface area (Å²) in [5.41, 5.74) is 1.84. The Morgan fingerprint density at radius 2 is 1.56 bits per heavy atom. The van der Waals surface area contributed by atoms with E-state index in [1.165, 1.54) is 50.5 Å². The third-order valence-corrected chi connectivity index (χ3v) is 4.02. The molecule has 1 aromatic rings. The highest BCUT2D eigenvalue weighted by molar-refractivity contribution is 5.32. The van der Waals surface area contributed by atoms with E-state index in [0.717, 1.165) is 0 Å². The molecule has 1 heteroatoms. The number of phenolic OH excluding ortho intramolecular Hbond substituents is 1. The van der Waals surface area contributed by atoms with Gasteiger partial charge in [0.1, 0.15) is 5.75 Å². The number of phenols is 1. The first-order valence-electron chi connectivity index (χ1n) is 7.56. The minimum Gasteiger partial charge on any atom is -0.508 e. The fraction of sp³-hybridized carbons (Fsp3) is 0.647. The van der Waals surface area contributed by atoms with Gasteiger partial charge in [0, 0.05) is 0 Å². The van der Waals surface area contributed by atoms with Gasteiger partial charge in [-0.1, -0.05) is 58.6 Å². The molecular formula is C17H28O. The molecule has 0 aromatic heterocycles. The van der Waals surface area contributed by atoms with Crippen LogP contribution < -0.4 is 0 Å². The molecule has 1 aliphatic carbocycles. The minimum atomic E-state index is 0.381. The number of benzene rings is 1. The van der Waals surface area contributed by atoms with Crippen molar-refractivity contribution in [1.82, 2.24) is 0 Å². The maximum atomic E-state index is 9.37. The van der Waals surface area contributed by atoms with Crippen molar-refractivity contribution in [3.05, 3.63) is 29.8 Å². The Labute approximate surface area is 112 Å². The molecule has 0 heterocycles. The lowest BCUT2D eigenvalue weighted by Crippen LogP contribution is -2.28. The van der Waals surface area contributed by atoms with Crippen LogP contribution in [0.25, 0.3) is 0 Å². The minimum absolute atomic E-state index is 0.381. The first-order chi connectivity index (χ1) is 8.77. The van der Waals surface area contributed by atoms with Crippen LogP contribution in [0.5, 0.6) is 5.75 Å². The lowest BCUT2D eigenvalue weighted by Gasteiger charge is -2.38. The molecule has 1 saturated carbocycles. The molecular weight excluding hydrogens is 220 g/mol. The molecule has 0 atom stereocenters. The molecule has 0 spiro atoms. The SMILES string of the molecule is CC.CCCC1(c2ccc(O)cc2)CCCCC1. The van der Waals surface area contributed by atoms with Gasteiger partial charge < -0.3 is 5.11 Å². The van der Waals surface area contributed by atoms with Crippen LogP contribution in [-0.2, 0) is 5.41 Å². The Hall–Kier alpha value is -0.980. The molecule has 0 bridgehead atoms. The van der Waals surface area contributed by atoms with Gasteiger partial charge in [0.15, 0.2) is 0 Å². The Bertz CT molecular complexity index is 314. The number of rotatable bonds is 3. The summed E-state index contributed by atoms with van der Waals surface area (Å²) in [5, 5.41) is 9.37. The molecule has 0 radical (unpaired) electrons. The van der Waals surface area contributed by atoms with Gasteiger partial charge in [-0.05, 0) is 42.4 Å². The van der Waals surface area contributed by atoms with Gasteiger partial charge in [0.2, 0.25) is 0 Å². The second-order valence-electron chi connectivity index (χ2n) is 5.14. The zero-order valence-electron chi connectivity index (χ0n) is 12.2. The zero-order chi connectivity index (χ0) is 13.4. The second kappa shape index (κ2) is 7.45. The molecule has 0 aliphatic heterocycles. The van der Waals surface area contributed by atoms with Crippen molar-refractivity contribution in [2.75, 3.05) is 0 Å². The van der Waals surface area contributed by atoms with E-state index < -0.39 is 0 Å². The molecule has 1 fully saturated rings. The topological polar surface area (TPSA) is 20.2 Å². The van der Waals surface area contributed by atoms with Crippen molar-refractivity contribution in [2.24, 2.45) is 0 Å². The summed E-state index contributed by atoms with van der Waals surface area (Å²) in [6, 6.07) is 7.91. The Kier molecular flexibility index (Phi) is 6.24. The first-order valence-corrected chi connectivity index (χ1v) is 7.56. The van der Waals surface area contributed by atoms with Gasteiger partial charge in [-0.3, -0.25) is 0 Å². The van der Waals surface area contributed by atoms with Crippen molar-refractivity contribution >= 4 is 0 Å². The molecule has 0 amide bonds. The highest BCUT2D eigenvalue weighted by atomic mass is 16.3. The van der Waals surface area contributed by atoms with Crippen molar-refractivity contribution in [3.63, 3.8) is 0 Å². The summed E-state index contributed by atoms with van der Waals surface area (Å²) in [4.78, 5) is 0. The quantitative estimate of drug-likeness (QED) is 0.757. The molecule has 1 aromatic carbocycles. The molecule has 2 rings (SSSR count). The van der Waals surface area contributed by atoms with Gasteiger partial charge in [-0.15, -0.1) is 0 Å². The first kappa shape index (κ1) is 15.1. The Morgan fingerprint density at radius 1 is 1.00 bits per heavy atom. The van der Waals surface area contributed by atoms with E-state index in [-0.39, 0.29) is 0 Å². The van der Waals surface area contributed by atoms with E-state index >= 15 is 0 Å². The van der Waals surface area contributed by atoms with Crippen LogP contribution in [0, 0.1) is 0 Å². The zero-order valence-corrected chi connectivity index (χ0v) is 12.2. The van der Waals surface area contributed by atoms with Crippen LogP contribution in [0.3, 0.4) is 0 Å². The van der Waals surface area contributed by atoms with Crippen LogP contribution >= 0.6 is 0 Å². The Balaban J connectivity index is 0.000000771. The van der Waals surface area contributed by atoms with Gasteiger partial charge in [0.25, 0.3) is 0 Å². The van der Waals surface area contributed by atoms with E-state index in [9.17, 15) is 5.11 Å². The molecule has 1 N–H and O–H groups in total. The van der Waals surface area contributed by atoms with Crippen LogP contribution in [0.1, 0.15) is 71.3 Å². The van der Waals surface area contributed by atoms with E-state index in [0.29, 0.717) is 11.2 Å². The number of hydrogen-bond acceptors (Lipinski definition) is 1. The predicted molar refractivity (Wildman–Crippen MR) is 79.1 cm³/mol. The van der Waals surface area contributed by atoms with Crippen molar-refractivity contribution in [2.45, 2.75) is 71.1 Å². The van der Waals surface area contributed by atoms with Gasteiger partial charge in [-0.2, -0.15) is 0 Å². The predicted octanol–water partition coefficient (Wildman–Crippen LogP) is 5.42. The summed E-state index contributed by atoms with van der Waals surface area (Å²) in [7, 11) is 0. The van der Waals surface area contributed by atoms with Gasteiger partial charge in [0.05, 0.1) is 0 Å². The van der Waals surface area contributed by atoms with Crippen LogP contribution in [-0.4, -0.2) is 5.11 Å². The van der Waals surface area contributed by atoms with Gasteiger partial charge >= 0.3 is 0 Å².